The molecule has 2 rings (SSSR count). The molecule has 1 unspecified atom stereocenters. The Balaban J connectivity index is 1.86. The standard InChI is InChI=1S/C11H18ClN3O/c1-14-10(2-4-13-14)3-5-15-6-7-16-9-11(15)8-12/h2,4,11H,3,5-9H2,1H3. The van der Waals surface area contributed by atoms with Crippen molar-refractivity contribution >= 4 is 11.6 Å². The minimum atomic E-state index is 0.364. The first-order chi connectivity index (χ1) is 7.81. The second-order valence-corrected chi connectivity index (χ2v) is 4.42. The van der Waals surface area contributed by atoms with E-state index in [4.69, 9.17) is 16.3 Å². The lowest BCUT2D eigenvalue weighted by Gasteiger charge is -2.34. The normalized spacial score (nSPS) is 22.5. The molecule has 16 heavy (non-hydrogen) atoms. The van der Waals surface area contributed by atoms with E-state index in [1.807, 2.05) is 17.9 Å². The van der Waals surface area contributed by atoms with Gasteiger partial charge in [-0.15, -0.1) is 11.6 Å². The van der Waals surface area contributed by atoms with Crippen molar-refractivity contribution in [3.63, 3.8) is 0 Å². The Bertz CT molecular complexity index is 329. The van der Waals surface area contributed by atoms with Gasteiger partial charge in [-0.05, 0) is 6.07 Å². The Morgan fingerprint density at radius 3 is 3.19 bits per heavy atom. The maximum absolute atomic E-state index is 5.93. The Kier molecular flexibility index (Phi) is 4.21. The van der Waals surface area contributed by atoms with Crippen LogP contribution in [0.2, 0.25) is 0 Å². The summed E-state index contributed by atoms with van der Waals surface area (Å²) in [4.78, 5) is 2.41. The number of alkyl halides is 1. The summed E-state index contributed by atoms with van der Waals surface area (Å²) in [5, 5.41) is 4.17. The van der Waals surface area contributed by atoms with Crippen LogP contribution in [0.1, 0.15) is 5.69 Å². The predicted octanol–water partition coefficient (Wildman–Crippen LogP) is 0.902. The van der Waals surface area contributed by atoms with Crippen molar-refractivity contribution in [3.05, 3.63) is 18.0 Å². The number of aryl methyl sites for hydroxylation is 1. The van der Waals surface area contributed by atoms with Crippen molar-refractivity contribution in [2.24, 2.45) is 7.05 Å². The van der Waals surface area contributed by atoms with E-state index < -0.39 is 0 Å². The van der Waals surface area contributed by atoms with E-state index in [0.29, 0.717) is 11.9 Å². The minimum Gasteiger partial charge on any atom is -0.378 e. The summed E-state index contributed by atoms with van der Waals surface area (Å²) < 4.78 is 7.35. The number of halogens is 1. The van der Waals surface area contributed by atoms with Crippen LogP contribution in [0.4, 0.5) is 0 Å². The highest BCUT2D eigenvalue weighted by Gasteiger charge is 2.21. The molecule has 0 N–H and O–H groups in total. The zero-order valence-electron chi connectivity index (χ0n) is 9.60. The lowest BCUT2D eigenvalue weighted by Crippen LogP contribution is -2.47. The number of hydrogen-bond acceptors (Lipinski definition) is 3. The fraction of sp³-hybridized carbons (Fsp3) is 0.727. The van der Waals surface area contributed by atoms with Gasteiger partial charge in [0.05, 0.1) is 13.2 Å². The molecule has 0 aliphatic carbocycles. The number of hydrogen-bond donors (Lipinski definition) is 0. The molecule has 4 nitrogen and oxygen atoms in total. The molecule has 1 aliphatic rings. The maximum Gasteiger partial charge on any atom is 0.0634 e. The number of aromatic nitrogens is 2. The molecule has 2 heterocycles. The van der Waals surface area contributed by atoms with E-state index in [9.17, 15) is 0 Å². The van der Waals surface area contributed by atoms with Crippen LogP contribution < -0.4 is 0 Å². The van der Waals surface area contributed by atoms with E-state index in [-0.39, 0.29) is 0 Å². The molecule has 0 amide bonds. The highest BCUT2D eigenvalue weighted by Crippen LogP contribution is 2.10. The van der Waals surface area contributed by atoms with Crippen molar-refractivity contribution in [1.82, 2.24) is 14.7 Å². The lowest BCUT2D eigenvalue weighted by molar-refractivity contribution is 0.00149. The van der Waals surface area contributed by atoms with Crippen LogP contribution in [0.25, 0.3) is 0 Å². The molecule has 1 fully saturated rings. The first kappa shape index (κ1) is 11.9. The van der Waals surface area contributed by atoms with E-state index >= 15 is 0 Å². The summed E-state index contributed by atoms with van der Waals surface area (Å²) in [6.07, 6.45) is 2.86. The molecule has 1 atom stereocenters. The quantitative estimate of drug-likeness (QED) is 0.737. The van der Waals surface area contributed by atoms with Gasteiger partial charge in [0, 0.05) is 50.4 Å². The zero-order chi connectivity index (χ0) is 11.4. The molecule has 1 aromatic heterocycles. The fourth-order valence-electron chi connectivity index (χ4n) is 2.03. The van der Waals surface area contributed by atoms with Crippen molar-refractivity contribution in [2.45, 2.75) is 12.5 Å². The summed E-state index contributed by atoms with van der Waals surface area (Å²) in [5.41, 5.74) is 1.26. The van der Waals surface area contributed by atoms with Crippen molar-refractivity contribution in [1.29, 1.82) is 0 Å². The molecule has 0 radical (unpaired) electrons. The van der Waals surface area contributed by atoms with E-state index in [2.05, 4.69) is 16.1 Å². The van der Waals surface area contributed by atoms with Crippen LogP contribution in [0.5, 0.6) is 0 Å². The SMILES string of the molecule is Cn1nccc1CCN1CCOCC1CCl. The molecule has 90 valence electrons. The average Bonchev–Trinajstić information content (AvgIpc) is 2.72. The molecular weight excluding hydrogens is 226 g/mol. The van der Waals surface area contributed by atoms with Gasteiger partial charge < -0.3 is 4.74 Å². The monoisotopic (exact) mass is 243 g/mol. The summed E-state index contributed by atoms with van der Waals surface area (Å²) >= 11 is 5.93. The van der Waals surface area contributed by atoms with Crippen LogP contribution in [-0.4, -0.2) is 52.9 Å². The molecule has 5 heteroatoms. The second kappa shape index (κ2) is 5.66. The van der Waals surface area contributed by atoms with Crippen LogP contribution >= 0.6 is 11.6 Å². The molecule has 1 aromatic rings. The third-order valence-corrected chi connectivity index (χ3v) is 3.46. The van der Waals surface area contributed by atoms with Crippen molar-refractivity contribution in [2.75, 3.05) is 32.2 Å². The minimum absolute atomic E-state index is 0.364. The van der Waals surface area contributed by atoms with Gasteiger partial charge in [-0.1, -0.05) is 0 Å². The van der Waals surface area contributed by atoms with Gasteiger partial charge in [-0.3, -0.25) is 9.58 Å². The largest absolute Gasteiger partial charge is 0.378 e. The Morgan fingerprint density at radius 1 is 1.62 bits per heavy atom. The average molecular weight is 244 g/mol. The van der Waals surface area contributed by atoms with Gasteiger partial charge in [-0.2, -0.15) is 5.10 Å². The van der Waals surface area contributed by atoms with Crippen LogP contribution in [-0.2, 0) is 18.2 Å². The van der Waals surface area contributed by atoms with Crippen LogP contribution in [0.3, 0.4) is 0 Å². The number of morpholine rings is 1. The molecule has 1 saturated heterocycles. The van der Waals surface area contributed by atoms with Crippen LogP contribution in [0, 0.1) is 0 Å². The number of ether oxygens (including phenoxy) is 1. The molecule has 0 bridgehead atoms. The Morgan fingerprint density at radius 2 is 2.50 bits per heavy atom. The topological polar surface area (TPSA) is 30.3 Å². The summed E-state index contributed by atoms with van der Waals surface area (Å²) in [6.45, 7) is 3.59. The smallest absolute Gasteiger partial charge is 0.0634 e. The molecular formula is C11H18ClN3O. The van der Waals surface area contributed by atoms with Crippen molar-refractivity contribution in [3.8, 4) is 0 Å². The van der Waals surface area contributed by atoms with Crippen LogP contribution in [0.15, 0.2) is 12.3 Å². The Labute approximate surface area is 101 Å². The van der Waals surface area contributed by atoms with Gasteiger partial charge in [0.25, 0.3) is 0 Å². The second-order valence-electron chi connectivity index (χ2n) is 4.12. The summed E-state index contributed by atoms with van der Waals surface area (Å²) in [5.74, 6) is 0.644. The predicted molar refractivity (Wildman–Crippen MR) is 63.8 cm³/mol. The molecule has 1 aliphatic heterocycles. The Hall–Kier alpha value is -0.580. The summed E-state index contributed by atoms with van der Waals surface area (Å²) in [6, 6.07) is 2.43. The van der Waals surface area contributed by atoms with Gasteiger partial charge in [0.15, 0.2) is 0 Å². The van der Waals surface area contributed by atoms with Crippen molar-refractivity contribution < 1.29 is 4.74 Å². The third kappa shape index (κ3) is 2.75. The fourth-order valence-corrected chi connectivity index (χ4v) is 2.31. The number of nitrogens with zero attached hydrogens (tertiary/aromatic N) is 3. The van der Waals surface area contributed by atoms with E-state index in [1.54, 1.807) is 0 Å². The molecule has 0 saturated carbocycles. The first-order valence-electron chi connectivity index (χ1n) is 5.66. The summed E-state index contributed by atoms with van der Waals surface area (Å²) in [7, 11) is 1.98. The van der Waals surface area contributed by atoms with E-state index in [1.165, 1.54) is 5.69 Å². The molecule has 0 spiro atoms. The van der Waals surface area contributed by atoms with Gasteiger partial charge in [0.1, 0.15) is 0 Å². The highest BCUT2D eigenvalue weighted by molar-refractivity contribution is 6.18. The lowest BCUT2D eigenvalue weighted by atomic mass is 10.2. The highest BCUT2D eigenvalue weighted by atomic mass is 35.5. The first-order valence-corrected chi connectivity index (χ1v) is 6.19. The maximum atomic E-state index is 5.93. The van der Waals surface area contributed by atoms with Gasteiger partial charge >= 0.3 is 0 Å². The third-order valence-electron chi connectivity index (χ3n) is 3.11. The number of rotatable bonds is 4. The van der Waals surface area contributed by atoms with Gasteiger partial charge in [0.2, 0.25) is 0 Å². The zero-order valence-corrected chi connectivity index (χ0v) is 10.4. The van der Waals surface area contributed by atoms with E-state index in [0.717, 1.165) is 32.7 Å². The molecule has 0 aromatic carbocycles. The van der Waals surface area contributed by atoms with Gasteiger partial charge in [-0.25, -0.2) is 0 Å².